The first-order valence-electron chi connectivity index (χ1n) is 13.7. The molecule has 0 fully saturated rings. The van der Waals surface area contributed by atoms with Crippen molar-refractivity contribution in [3.8, 4) is 0 Å². The van der Waals surface area contributed by atoms with E-state index in [0.29, 0.717) is 17.8 Å². The Morgan fingerprint density at radius 1 is 0.583 bits per heavy atom. The average molecular weight is 481 g/mol. The highest BCUT2D eigenvalue weighted by atomic mass is 15.2. The summed E-state index contributed by atoms with van der Waals surface area (Å²) in [6.45, 7) is 17.9. The molecule has 0 radical (unpaired) electrons. The molecule has 0 saturated carbocycles. The van der Waals surface area contributed by atoms with Gasteiger partial charge in [-0.15, -0.1) is 0 Å². The quantitative estimate of drug-likeness (QED) is 0.233. The van der Waals surface area contributed by atoms with Gasteiger partial charge >= 0.3 is 0 Å². The minimum Gasteiger partial charge on any atom is -0.314 e. The van der Waals surface area contributed by atoms with Crippen LogP contribution in [0.5, 0.6) is 0 Å². The van der Waals surface area contributed by atoms with Gasteiger partial charge in [-0.2, -0.15) is 0 Å². The molecule has 36 heavy (non-hydrogen) atoms. The van der Waals surface area contributed by atoms with Crippen LogP contribution in [0.1, 0.15) is 52.7 Å². The van der Waals surface area contributed by atoms with Gasteiger partial charge < -0.3 is 5.32 Å². The molecule has 0 aliphatic carbocycles. The van der Waals surface area contributed by atoms with Gasteiger partial charge in [-0.1, -0.05) is 126 Å². The number of rotatable bonds is 11. The monoisotopic (exact) mass is 480 g/mol. The van der Waals surface area contributed by atoms with E-state index in [4.69, 9.17) is 0 Å². The number of benzene rings is 4. The molecule has 0 atom stereocenters. The second-order valence-electron chi connectivity index (χ2n) is 11.6. The molecule has 0 unspecified atom stereocenters. The lowest BCUT2D eigenvalue weighted by Crippen LogP contribution is -2.56. The minimum absolute atomic E-state index is 0.314. The van der Waals surface area contributed by atoms with E-state index in [1.165, 1.54) is 32.7 Å². The molecule has 0 aromatic heterocycles. The molecule has 0 aliphatic heterocycles. The molecule has 0 saturated heterocycles. The normalized spacial score (nSPS) is 12.6. The van der Waals surface area contributed by atoms with Crippen molar-refractivity contribution >= 4 is 21.5 Å². The minimum atomic E-state index is -0.314. The lowest BCUT2D eigenvalue weighted by atomic mass is 9.76. The Morgan fingerprint density at radius 3 is 1.47 bits per heavy atom. The fraction of sp³-hybridized carbons (Fsp3) is 0.412. The summed E-state index contributed by atoms with van der Waals surface area (Å²) in [7, 11) is 0. The fourth-order valence-corrected chi connectivity index (χ4v) is 5.77. The molecular weight excluding hydrogens is 436 g/mol. The number of hydrogen-bond acceptors (Lipinski definition) is 2. The smallest absolute Gasteiger partial charge is 0.0854 e. The van der Waals surface area contributed by atoms with E-state index in [9.17, 15) is 0 Å². The SMILES string of the molecule is CC(C)CNCC(c1cccc2ccccc12)(c1cccc2ccccc12)N(CC(C)C)CC(C)C. The van der Waals surface area contributed by atoms with Crippen LogP contribution >= 0.6 is 0 Å². The molecule has 0 heterocycles. The van der Waals surface area contributed by atoms with Crippen LogP contribution < -0.4 is 5.32 Å². The van der Waals surface area contributed by atoms with Crippen LogP contribution in [-0.2, 0) is 5.54 Å². The number of fused-ring (bicyclic) bond motifs is 2. The molecule has 0 amide bonds. The van der Waals surface area contributed by atoms with Crippen molar-refractivity contribution in [2.45, 2.75) is 47.1 Å². The number of hydrogen-bond donors (Lipinski definition) is 1. The predicted molar refractivity (Wildman–Crippen MR) is 158 cm³/mol. The van der Waals surface area contributed by atoms with Gasteiger partial charge in [0.05, 0.1) is 5.54 Å². The molecule has 0 spiro atoms. The van der Waals surface area contributed by atoms with Crippen LogP contribution in [-0.4, -0.2) is 31.1 Å². The zero-order chi connectivity index (χ0) is 25.7. The van der Waals surface area contributed by atoms with Crippen molar-refractivity contribution in [3.63, 3.8) is 0 Å². The van der Waals surface area contributed by atoms with E-state index >= 15 is 0 Å². The molecule has 190 valence electrons. The lowest BCUT2D eigenvalue weighted by molar-refractivity contribution is 0.0913. The molecule has 2 heteroatoms. The maximum absolute atomic E-state index is 3.94. The average Bonchev–Trinajstić information content (AvgIpc) is 2.85. The second-order valence-corrected chi connectivity index (χ2v) is 11.6. The molecule has 1 N–H and O–H groups in total. The molecule has 0 bridgehead atoms. The second kappa shape index (κ2) is 11.6. The van der Waals surface area contributed by atoms with Crippen LogP contribution in [0, 0.1) is 17.8 Å². The number of nitrogens with zero attached hydrogens (tertiary/aromatic N) is 1. The van der Waals surface area contributed by atoms with Gasteiger partial charge in [0.25, 0.3) is 0 Å². The third-order valence-electron chi connectivity index (χ3n) is 7.11. The summed E-state index contributed by atoms with van der Waals surface area (Å²) in [5.74, 6) is 1.70. The third kappa shape index (κ3) is 5.51. The summed E-state index contributed by atoms with van der Waals surface area (Å²) in [5, 5.41) is 9.23. The van der Waals surface area contributed by atoms with Crippen molar-refractivity contribution in [1.82, 2.24) is 10.2 Å². The summed E-state index contributed by atoms with van der Waals surface area (Å²) in [6, 6.07) is 31.6. The Bertz CT molecular complexity index is 1170. The highest BCUT2D eigenvalue weighted by Crippen LogP contribution is 2.43. The Morgan fingerprint density at radius 2 is 1.03 bits per heavy atom. The van der Waals surface area contributed by atoms with Crippen LogP contribution in [0.4, 0.5) is 0 Å². The molecule has 4 rings (SSSR count). The van der Waals surface area contributed by atoms with E-state index in [2.05, 4.69) is 137 Å². The van der Waals surface area contributed by atoms with Crippen LogP contribution in [0.3, 0.4) is 0 Å². The summed E-state index contributed by atoms with van der Waals surface area (Å²) in [5.41, 5.74) is 2.48. The first-order chi connectivity index (χ1) is 17.3. The third-order valence-corrected chi connectivity index (χ3v) is 7.11. The van der Waals surface area contributed by atoms with Crippen molar-refractivity contribution in [2.24, 2.45) is 17.8 Å². The Kier molecular flexibility index (Phi) is 8.49. The van der Waals surface area contributed by atoms with Gasteiger partial charge in [0, 0.05) is 19.6 Å². The van der Waals surface area contributed by atoms with Gasteiger partial charge in [0.2, 0.25) is 0 Å². The van der Waals surface area contributed by atoms with Crippen molar-refractivity contribution < 1.29 is 0 Å². The van der Waals surface area contributed by atoms with Crippen molar-refractivity contribution in [2.75, 3.05) is 26.2 Å². The van der Waals surface area contributed by atoms with Crippen LogP contribution in [0.2, 0.25) is 0 Å². The van der Waals surface area contributed by atoms with Gasteiger partial charge in [0.1, 0.15) is 0 Å². The van der Waals surface area contributed by atoms with E-state index in [1.54, 1.807) is 0 Å². The van der Waals surface area contributed by atoms with E-state index < -0.39 is 0 Å². The Labute approximate surface area is 218 Å². The summed E-state index contributed by atoms with van der Waals surface area (Å²) in [6.07, 6.45) is 0. The van der Waals surface area contributed by atoms with Crippen LogP contribution in [0.25, 0.3) is 21.5 Å². The largest absolute Gasteiger partial charge is 0.314 e. The van der Waals surface area contributed by atoms with Crippen molar-refractivity contribution in [1.29, 1.82) is 0 Å². The molecular formula is C34H44N2. The lowest BCUT2D eigenvalue weighted by Gasteiger charge is -2.48. The van der Waals surface area contributed by atoms with E-state index in [-0.39, 0.29) is 5.54 Å². The van der Waals surface area contributed by atoms with E-state index in [0.717, 1.165) is 26.2 Å². The van der Waals surface area contributed by atoms with Crippen LogP contribution in [0.15, 0.2) is 84.9 Å². The maximum atomic E-state index is 3.94. The van der Waals surface area contributed by atoms with Gasteiger partial charge in [-0.25, -0.2) is 0 Å². The molecule has 0 aliphatic rings. The zero-order valence-electron chi connectivity index (χ0n) is 23.1. The maximum Gasteiger partial charge on any atom is 0.0854 e. The van der Waals surface area contributed by atoms with Crippen molar-refractivity contribution in [3.05, 3.63) is 96.1 Å². The molecule has 2 nitrogen and oxygen atoms in total. The highest BCUT2D eigenvalue weighted by Gasteiger charge is 2.42. The topological polar surface area (TPSA) is 15.3 Å². The van der Waals surface area contributed by atoms with Gasteiger partial charge in [-0.05, 0) is 57.0 Å². The highest BCUT2D eigenvalue weighted by molar-refractivity contribution is 5.91. The summed E-state index contributed by atoms with van der Waals surface area (Å²) < 4.78 is 0. The summed E-state index contributed by atoms with van der Waals surface area (Å²) in [4.78, 5) is 2.79. The van der Waals surface area contributed by atoms with Gasteiger partial charge in [-0.3, -0.25) is 4.90 Å². The Balaban J connectivity index is 2.10. The Hall–Kier alpha value is -2.68. The summed E-state index contributed by atoms with van der Waals surface area (Å²) >= 11 is 0. The fourth-order valence-electron chi connectivity index (χ4n) is 5.77. The van der Waals surface area contributed by atoms with E-state index in [1.807, 2.05) is 0 Å². The number of nitrogens with one attached hydrogen (secondary N) is 1. The first kappa shape index (κ1) is 26.4. The molecule has 4 aromatic rings. The van der Waals surface area contributed by atoms with Gasteiger partial charge in [0.15, 0.2) is 0 Å². The standard InChI is InChI=1S/C34H44N2/c1-25(2)21-35-24-34(36(22-26(3)4)23-27(5)6,32-19-11-15-28-13-7-9-17-30(28)32)33-20-12-16-29-14-8-10-18-31(29)33/h7-20,25-27,35H,21-24H2,1-6H3. The first-order valence-corrected chi connectivity index (χ1v) is 13.7. The predicted octanol–water partition coefficient (Wildman–Crippen LogP) is 8.10. The molecule has 4 aromatic carbocycles. The zero-order valence-corrected chi connectivity index (χ0v) is 23.1.